The molecule has 0 saturated heterocycles. The quantitative estimate of drug-likeness (QED) is 0.719. The summed E-state index contributed by atoms with van der Waals surface area (Å²) in [6.07, 6.45) is 10.5. The summed E-state index contributed by atoms with van der Waals surface area (Å²) in [7, 11) is 0. The van der Waals surface area contributed by atoms with E-state index < -0.39 is 0 Å². The van der Waals surface area contributed by atoms with Crippen molar-refractivity contribution in [2.75, 3.05) is 6.26 Å². The van der Waals surface area contributed by atoms with Crippen LogP contribution in [-0.2, 0) is 0 Å². The number of hydrogen-bond acceptors (Lipinski definition) is 2. The summed E-state index contributed by atoms with van der Waals surface area (Å²) in [6, 6.07) is 1.52. The van der Waals surface area contributed by atoms with Crippen LogP contribution in [0.5, 0.6) is 0 Å². The molecule has 108 valence electrons. The van der Waals surface area contributed by atoms with Crippen molar-refractivity contribution in [1.82, 2.24) is 5.32 Å². The van der Waals surface area contributed by atoms with E-state index in [1.54, 1.807) is 0 Å². The summed E-state index contributed by atoms with van der Waals surface area (Å²) >= 11 is 2.06. The van der Waals surface area contributed by atoms with Crippen LogP contribution in [0.2, 0.25) is 0 Å². The van der Waals surface area contributed by atoms with E-state index in [0.717, 1.165) is 29.2 Å². The fourth-order valence-corrected chi connectivity index (χ4v) is 3.91. The summed E-state index contributed by atoms with van der Waals surface area (Å²) in [5.74, 6) is 1.62. The van der Waals surface area contributed by atoms with Crippen molar-refractivity contribution in [3.63, 3.8) is 0 Å². The van der Waals surface area contributed by atoms with E-state index in [4.69, 9.17) is 0 Å². The minimum atomic E-state index is 0.737. The van der Waals surface area contributed by atoms with Gasteiger partial charge in [0.25, 0.3) is 0 Å². The Hall–Kier alpha value is 0.310. The minimum absolute atomic E-state index is 0.737. The molecule has 1 fully saturated rings. The molecule has 0 heterocycles. The van der Waals surface area contributed by atoms with E-state index >= 15 is 0 Å². The summed E-state index contributed by atoms with van der Waals surface area (Å²) in [6.45, 7) is 9.39. The second kappa shape index (κ2) is 8.47. The molecule has 0 spiro atoms. The molecule has 0 aromatic rings. The fraction of sp³-hybridized carbons (Fsp3) is 1.00. The molecular formula is C16H33NS. The van der Waals surface area contributed by atoms with Crippen LogP contribution < -0.4 is 5.32 Å². The molecule has 0 unspecified atom stereocenters. The van der Waals surface area contributed by atoms with Crippen LogP contribution in [0.3, 0.4) is 0 Å². The molecule has 0 aromatic carbocycles. The topological polar surface area (TPSA) is 12.0 Å². The van der Waals surface area contributed by atoms with Gasteiger partial charge in [-0.25, -0.2) is 0 Å². The van der Waals surface area contributed by atoms with Gasteiger partial charge in [0.15, 0.2) is 0 Å². The zero-order chi connectivity index (χ0) is 13.5. The second-order valence-electron chi connectivity index (χ2n) is 6.83. The normalized spacial score (nSPS) is 25.3. The summed E-state index contributed by atoms with van der Waals surface area (Å²) < 4.78 is 0. The molecule has 0 bridgehead atoms. The third-order valence-electron chi connectivity index (χ3n) is 3.99. The van der Waals surface area contributed by atoms with Crippen LogP contribution in [0.4, 0.5) is 0 Å². The molecule has 0 atom stereocenters. The third-order valence-corrected chi connectivity index (χ3v) is 5.13. The summed E-state index contributed by atoms with van der Waals surface area (Å²) in [4.78, 5) is 0. The Bertz CT molecular complexity index is 197. The van der Waals surface area contributed by atoms with E-state index in [2.05, 4.69) is 51.0 Å². The number of thioether (sulfide) groups is 1. The van der Waals surface area contributed by atoms with Crippen LogP contribution in [0, 0.1) is 11.8 Å². The van der Waals surface area contributed by atoms with Gasteiger partial charge in [0.05, 0.1) is 0 Å². The van der Waals surface area contributed by atoms with Crippen molar-refractivity contribution in [3.05, 3.63) is 0 Å². The largest absolute Gasteiger partial charge is 0.311 e. The first-order valence-corrected chi connectivity index (χ1v) is 9.08. The van der Waals surface area contributed by atoms with Crippen LogP contribution >= 0.6 is 11.8 Å². The second-order valence-corrected chi connectivity index (χ2v) is 7.97. The van der Waals surface area contributed by atoms with Gasteiger partial charge in [0.1, 0.15) is 0 Å². The lowest BCUT2D eigenvalue weighted by molar-refractivity contribution is 0.287. The van der Waals surface area contributed by atoms with Crippen LogP contribution in [0.25, 0.3) is 0 Å². The van der Waals surface area contributed by atoms with Crippen LogP contribution in [-0.4, -0.2) is 23.6 Å². The van der Waals surface area contributed by atoms with Crippen LogP contribution in [0.1, 0.15) is 66.2 Å². The summed E-state index contributed by atoms with van der Waals surface area (Å²) in [5, 5.41) is 4.88. The highest BCUT2D eigenvalue weighted by Gasteiger charge is 2.23. The molecule has 0 amide bonds. The highest BCUT2D eigenvalue weighted by Crippen LogP contribution is 2.27. The first-order valence-electron chi connectivity index (χ1n) is 7.80. The van der Waals surface area contributed by atoms with Crippen molar-refractivity contribution in [2.24, 2.45) is 11.8 Å². The van der Waals surface area contributed by atoms with Gasteiger partial charge in [-0.1, -0.05) is 27.7 Å². The molecule has 2 heteroatoms. The number of hydrogen-bond donors (Lipinski definition) is 1. The lowest BCUT2D eigenvalue weighted by atomic mass is 9.91. The average Bonchev–Trinajstić information content (AvgIpc) is 2.28. The number of rotatable bonds is 7. The fourth-order valence-electron chi connectivity index (χ4n) is 3.17. The zero-order valence-electron chi connectivity index (χ0n) is 13.0. The molecular weight excluding hydrogens is 238 g/mol. The predicted octanol–water partition coefficient (Wildman–Crippen LogP) is 4.71. The molecule has 0 radical (unpaired) electrons. The average molecular weight is 272 g/mol. The maximum absolute atomic E-state index is 3.95. The highest BCUT2D eigenvalue weighted by molar-refractivity contribution is 7.99. The maximum Gasteiger partial charge on any atom is 0.00745 e. The van der Waals surface area contributed by atoms with Gasteiger partial charge in [-0.15, -0.1) is 0 Å². The third kappa shape index (κ3) is 6.47. The van der Waals surface area contributed by atoms with Crippen molar-refractivity contribution >= 4 is 11.8 Å². The lowest BCUT2D eigenvalue weighted by Gasteiger charge is -2.33. The Labute approximate surface area is 119 Å². The summed E-state index contributed by atoms with van der Waals surface area (Å²) in [5.41, 5.74) is 0. The van der Waals surface area contributed by atoms with Crippen molar-refractivity contribution in [3.8, 4) is 0 Å². The molecule has 1 aliphatic carbocycles. The minimum Gasteiger partial charge on any atom is -0.311 e. The van der Waals surface area contributed by atoms with Crippen molar-refractivity contribution in [1.29, 1.82) is 0 Å². The Morgan fingerprint density at radius 3 is 1.83 bits per heavy atom. The molecule has 0 aromatic heterocycles. The number of nitrogens with one attached hydrogen (secondary N) is 1. The standard InChI is InChI=1S/C16H33NS/c1-12(2)10-15(11-13(3)4)17-14-6-8-16(18-5)9-7-14/h12-17H,6-11H2,1-5H3. The van der Waals surface area contributed by atoms with Crippen molar-refractivity contribution < 1.29 is 0 Å². The van der Waals surface area contributed by atoms with Gasteiger partial charge in [-0.05, 0) is 56.6 Å². The highest BCUT2D eigenvalue weighted by atomic mass is 32.2. The Morgan fingerprint density at radius 2 is 1.44 bits per heavy atom. The smallest absolute Gasteiger partial charge is 0.00745 e. The van der Waals surface area contributed by atoms with Gasteiger partial charge in [-0.3, -0.25) is 0 Å². The SMILES string of the molecule is CSC1CCC(NC(CC(C)C)CC(C)C)CC1. The van der Waals surface area contributed by atoms with Crippen molar-refractivity contribution in [2.45, 2.75) is 83.6 Å². The lowest BCUT2D eigenvalue weighted by Crippen LogP contribution is -2.42. The van der Waals surface area contributed by atoms with E-state index in [1.807, 2.05) is 0 Å². The first-order chi connectivity index (χ1) is 8.51. The van der Waals surface area contributed by atoms with Gasteiger partial charge in [-0.2, -0.15) is 11.8 Å². The van der Waals surface area contributed by atoms with E-state index in [9.17, 15) is 0 Å². The zero-order valence-corrected chi connectivity index (χ0v) is 13.9. The van der Waals surface area contributed by atoms with E-state index in [-0.39, 0.29) is 0 Å². The Balaban J connectivity index is 2.36. The van der Waals surface area contributed by atoms with Gasteiger partial charge in [0.2, 0.25) is 0 Å². The van der Waals surface area contributed by atoms with E-state index in [1.165, 1.54) is 38.5 Å². The molecule has 1 aliphatic rings. The molecule has 1 N–H and O–H groups in total. The molecule has 1 saturated carbocycles. The molecule has 1 rings (SSSR count). The molecule has 18 heavy (non-hydrogen) atoms. The molecule has 0 aliphatic heterocycles. The van der Waals surface area contributed by atoms with Gasteiger partial charge >= 0.3 is 0 Å². The molecule has 1 nitrogen and oxygen atoms in total. The van der Waals surface area contributed by atoms with Gasteiger partial charge < -0.3 is 5.32 Å². The monoisotopic (exact) mass is 271 g/mol. The first kappa shape index (κ1) is 16.4. The predicted molar refractivity (Wildman–Crippen MR) is 85.4 cm³/mol. The van der Waals surface area contributed by atoms with E-state index in [0.29, 0.717) is 0 Å². The van der Waals surface area contributed by atoms with Gasteiger partial charge in [0, 0.05) is 17.3 Å². The Morgan fingerprint density at radius 1 is 0.944 bits per heavy atom. The maximum atomic E-state index is 3.95. The van der Waals surface area contributed by atoms with Crippen LogP contribution in [0.15, 0.2) is 0 Å². The Kier molecular flexibility index (Phi) is 7.70.